The molecule has 0 saturated carbocycles. The maximum Gasteiger partial charge on any atom is 0.264 e. The zero-order valence-corrected chi connectivity index (χ0v) is 18.1. The van der Waals surface area contributed by atoms with E-state index in [1.807, 2.05) is 6.92 Å². The summed E-state index contributed by atoms with van der Waals surface area (Å²) in [7, 11) is -4.13. The van der Waals surface area contributed by atoms with Crippen molar-refractivity contribution in [2.75, 3.05) is 10.8 Å². The normalized spacial score (nSPS) is 11.5. The van der Waals surface area contributed by atoms with Crippen LogP contribution >= 0.6 is 11.6 Å². The van der Waals surface area contributed by atoms with Crippen LogP contribution in [0.2, 0.25) is 5.02 Å². The van der Waals surface area contributed by atoms with Crippen molar-refractivity contribution in [2.45, 2.75) is 11.8 Å². The van der Waals surface area contributed by atoms with Gasteiger partial charge in [-0.3, -0.25) is 9.10 Å². The summed E-state index contributed by atoms with van der Waals surface area (Å²) >= 11 is 6.04. The van der Waals surface area contributed by atoms with E-state index in [1.54, 1.807) is 48.5 Å². The molecule has 1 amide bonds. The Labute approximate surface area is 185 Å². The molecular weight excluding hydrogens is 441 g/mol. The number of hydrazone groups is 1. The Bertz CT molecular complexity index is 1200. The zero-order chi connectivity index (χ0) is 22.4. The lowest BCUT2D eigenvalue weighted by Crippen LogP contribution is -2.39. The molecule has 0 aliphatic rings. The number of nitrogens with zero attached hydrogens (tertiary/aromatic N) is 2. The predicted octanol–water partition coefficient (Wildman–Crippen LogP) is 4.13. The Morgan fingerprint density at radius 1 is 1.06 bits per heavy atom. The van der Waals surface area contributed by atoms with E-state index in [-0.39, 0.29) is 4.90 Å². The van der Waals surface area contributed by atoms with E-state index in [1.165, 1.54) is 6.21 Å². The van der Waals surface area contributed by atoms with Crippen LogP contribution in [0.4, 0.5) is 10.1 Å². The second kappa shape index (κ2) is 9.72. The average Bonchev–Trinajstić information content (AvgIpc) is 2.74. The highest BCUT2D eigenvalue weighted by molar-refractivity contribution is 7.92. The molecule has 0 aliphatic heterocycles. The minimum absolute atomic E-state index is 0.137. The van der Waals surface area contributed by atoms with Crippen molar-refractivity contribution in [3.63, 3.8) is 0 Å². The van der Waals surface area contributed by atoms with Gasteiger partial charge in [-0.05, 0) is 49.4 Å². The molecule has 3 rings (SSSR count). The van der Waals surface area contributed by atoms with Crippen molar-refractivity contribution in [2.24, 2.45) is 5.10 Å². The van der Waals surface area contributed by atoms with Gasteiger partial charge in [-0.25, -0.2) is 18.2 Å². The minimum Gasteiger partial charge on any atom is -0.271 e. The summed E-state index contributed by atoms with van der Waals surface area (Å²) in [6, 6.07) is 18.0. The van der Waals surface area contributed by atoms with Crippen molar-refractivity contribution in [1.82, 2.24) is 5.43 Å². The van der Waals surface area contributed by atoms with Gasteiger partial charge in [0.25, 0.3) is 15.9 Å². The Balaban J connectivity index is 1.84. The number of halogens is 2. The van der Waals surface area contributed by atoms with E-state index in [0.717, 1.165) is 34.1 Å². The molecule has 1 N–H and O–H groups in total. The number of benzene rings is 3. The van der Waals surface area contributed by atoms with Gasteiger partial charge in [0.2, 0.25) is 0 Å². The Hall–Kier alpha value is -3.23. The zero-order valence-electron chi connectivity index (χ0n) is 16.5. The predicted molar refractivity (Wildman–Crippen MR) is 119 cm³/mol. The molecule has 3 aromatic rings. The number of sulfonamides is 1. The number of carbonyl (C=O) groups excluding carboxylic acids is 1. The van der Waals surface area contributed by atoms with Crippen LogP contribution in [0.15, 0.2) is 82.8 Å². The van der Waals surface area contributed by atoms with Gasteiger partial charge >= 0.3 is 0 Å². The van der Waals surface area contributed by atoms with Crippen LogP contribution in [0.3, 0.4) is 0 Å². The number of nitrogens with one attached hydrogen (secondary N) is 1. The third kappa shape index (κ3) is 5.68. The van der Waals surface area contributed by atoms with Crippen molar-refractivity contribution in [3.8, 4) is 0 Å². The lowest BCUT2D eigenvalue weighted by Gasteiger charge is -2.23. The lowest BCUT2D eigenvalue weighted by molar-refractivity contribution is -0.119. The maximum atomic E-state index is 13.3. The van der Waals surface area contributed by atoms with E-state index < -0.39 is 28.3 Å². The highest BCUT2D eigenvalue weighted by atomic mass is 35.5. The SMILES string of the molecule is Cc1ccc(N(CC(=O)N/N=C\c2ccccc2Cl)S(=O)(=O)c2ccc(F)cc2)cc1. The largest absolute Gasteiger partial charge is 0.271 e. The third-order valence-electron chi connectivity index (χ3n) is 4.31. The number of hydrogen-bond donors (Lipinski definition) is 1. The van der Waals surface area contributed by atoms with Gasteiger partial charge in [-0.2, -0.15) is 5.10 Å². The van der Waals surface area contributed by atoms with Gasteiger partial charge < -0.3 is 0 Å². The molecule has 0 unspecified atom stereocenters. The Kier molecular flexibility index (Phi) is 7.04. The molecule has 9 heteroatoms. The summed E-state index contributed by atoms with van der Waals surface area (Å²) in [6.07, 6.45) is 1.37. The fourth-order valence-electron chi connectivity index (χ4n) is 2.68. The quantitative estimate of drug-likeness (QED) is 0.426. The van der Waals surface area contributed by atoms with Gasteiger partial charge in [0, 0.05) is 10.6 Å². The number of hydrogen-bond acceptors (Lipinski definition) is 4. The lowest BCUT2D eigenvalue weighted by atomic mass is 10.2. The molecule has 0 spiro atoms. The Morgan fingerprint density at radius 3 is 2.35 bits per heavy atom. The molecule has 0 heterocycles. The molecular formula is C22H19ClFN3O3S. The molecule has 160 valence electrons. The molecule has 0 radical (unpaired) electrons. The topological polar surface area (TPSA) is 78.8 Å². The minimum atomic E-state index is -4.13. The first-order valence-electron chi connectivity index (χ1n) is 9.19. The molecule has 0 bridgehead atoms. The first kappa shape index (κ1) is 22.5. The molecule has 31 heavy (non-hydrogen) atoms. The van der Waals surface area contributed by atoms with Gasteiger partial charge in [0.15, 0.2) is 0 Å². The van der Waals surface area contributed by atoms with E-state index in [4.69, 9.17) is 11.6 Å². The smallest absolute Gasteiger partial charge is 0.264 e. The number of amides is 1. The first-order valence-corrected chi connectivity index (χ1v) is 11.0. The maximum absolute atomic E-state index is 13.3. The molecule has 0 fully saturated rings. The molecule has 3 aromatic carbocycles. The van der Waals surface area contributed by atoms with E-state index in [0.29, 0.717) is 16.3 Å². The standard InChI is InChI=1S/C22H19ClFN3O3S/c1-16-6-10-19(11-7-16)27(31(29,30)20-12-8-18(24)9-13-20)15-22(28)26-25-14-17-4-2-3-5-21(17)23/h2-14H,15H2,1H3,(H,26,28)/b25-14-. The van der Waals surface area contributed by atoms with E-state index >= 15 is 0 Å². The number of rotatable bonds is 7. The van der Waals surface area contributed by atoms with Crippen molar-refractivity contribution in [1.29, 1.82) is 0 Å². The Morgan fingerprint density at radius 2 is 1.71 bits per heavy atom. The highest BCUT2D eigenvalue weighted by Crippen LogP contribution is 2.24. The summed E-state index contributed by atoms with van der Waals surface area (Å²) in [5, 5.41) is 4.31. The first-order chi connectivity index (χ1) is 14.8. The van der Waals surface area contributed by atoms with Gasteiger partial charge in [0.1, 0.15) is 12.4 Å². The molecule has 0 atom stereocenters. The summed E-state index contributed by atoms with van der Waals surface area (Å²) in [5.74, 6) is -1.22. The van der Waals surface area contributed by atoms with Crippen LogP contribution in [0.25, 0.3) is 0 Å². The van der Waals surface area contributed by atoms with Crippen LogP contribution in [0, 0.1) is 12.7 Å². The van der Waals surface area contributed by atoms with Crippen molar-refractivity contribution in [3.05, 3.63) is 94.8 Å². The third-order valence-corrected chi connectivity index (χ3v) is 6.44. The van der Waals surface area contributed by atoms with Crippen LogP contribution in [0.5, 0.6) is 0 Å². The van der Waals surface area contributed by atoms with E-state index in [9.17, 15) is 17.6 Å². The molecule has 0 aliphatic carbocycles. The van der Waals surface area contributed by atoms with Crippen LogP contribution in [-0.2, 0) is 14.8 Å². The van der Waals surface area contributed by atoms with Crippen LogP contribution < -0.4 is 9.73 Å². The van der Waals surface area contributed by atoms with Crippen molar-refractivity contribution >= 4 is 39.4 Å². The molecule has 6 nitrogen and oxygen atoms in total. The van der Waals surface area contributed by atoms with Crippen LogP contribution in [-0.4, -0.2) is 27.1 Å². The average molecular weight is 460 g/mol. The summed E-state index contributed by atoms with van der Waals surface area (Å²) in [5.41, 5.74) is 4.12. The van der Waals surface area contributed by atoms with E-state index in [2.05, 4.69) is 10.5 Å². The number of carbonyl (C=O) groups is 1. The van der Waals surface area contributed by atoms with Crippen molar-refractivity contribution < 1.29 is 17.6 Å². The van der Waals surface area contributed by atoms with Gasteiger partial charge in [-0.15, -0.1) is 0 Å². The number of aryl methyl sites for hydroxylation is 1. The summed E-state index contributed by atoms with van der Waals surface area (Å²) in [4.78, 5) is 12.3. The van der Waals surface area contributed by atoms with Crippen LogP contribution in [0.1, 0.15) is 11.1 Å². The molecule has 0 aromatic heterocycles. The highest BCUT2D eigenvalue weighted by Gasteiger charge is 2.27. The summed E-state index contributed by atoms with van der Waals surface area (Å²) < 4.78 is 40.6. The van der Waals surface area contributed by atoms with Gasteiger partial charge in [-0.1, -0.05) is 47.5 Å². The fourth-order valence-corrected chi connectivity index (χ4v) is 4.28. The molecule has 0 saturated heterocycles. The monoisotopic (exact) mass is 459 g/mol. The number of anilines is 1. The summed E-state index contributed by atoms with van der Waals surface area (Å²) in [6.45, 7) is 1.33. The fraction of sp³-hybridized carbons (Fsp3) is 0.0909. The second-order valence-corrected chi connectivity index (χ2v) is 8.89. The second-order valence-electron chi connectivity index (χ2n) is 6.62. The van der Waals surface area contributed by atoms with Gasteiger partial charge in [0.05, 0.1) is 16.8 Å².